The van der Waals surface area contributed by atoms with Gasteiger partial charge in [-0.2, -0.15) is 0 Å². The molecule has 1 fully saturated rings. The summed E-state index contributed by atoms with van der Waals surface area (Å²) in [6, 6.07) is 17.6. The van der Waals surface area contributed by atoms with Crippen molar-refractivity contribution >= 4 is 16.6 Å². The Kier molecular flexibility index (Phi) is 9.81. The van der Waals surface area contributed by atoms with E-state index >= 15 is 0 Å². The van der Waals surface area contributed by atoms with E-state index in [-0.39, 0.29) is 29.4 Å². The van der Waals surface area contributed by atoms with Crippen molar-refractivity contribution in [3.8, 4) is 11.5 Å². The average molecular weight is 730 g/mol. The molecule has 6 aliphatic rings. The van der Waals surface area contributed by atoms with Gasteiger partial charge in [-0.15, -0.1) is 0 Å². The molecule has 4 aromatic rings. The first-order valence-corrected chi connectivity index (χ1v) is 20.4. The van der Waals surface area contributed by atoms with Gasteiger partial charge in [0.1, 0.15) is 12.4 Å². The normalized spacial score (nSPS) is 28.1. The number of benzene rings is 3. The SMILES string of the molecule is CCCCCC1CC(O)C2CCc3c(ccc(O)c3OCc3cc(C45CCOCC4CCc4ccccc45)cc4cn(cc34)C3=C(C=CC(N)N3)CO1)C2. The summed E-state index contributed by atoms with van der Waals surface area (Å²) >= 11 is 0. The first-order chi connectivity index (χ1) is 26.4. The van der Waals surface area contributed by atoms with Crippen LogP contribution in [0.25, 0.3) is 16.6 Å². The minimum Gasteiger partial charge on any atom is -0.504 e. The zero-order valence-corrected chi connectivity index (χ0v) is 31.6. The van der Waals surface area contributed by atoms with Crippen molar-refractivity contribution in [2.45, 2.75) is 108 Å². The molecule has 6 atom stereocenters. The number of dihydropyridines is 1. The number of phenolic OH excluding ortho intramolecular Hbond substituents is 1. The largest absolute Gasteiger partial charge is 0.504 e. The number of rotatable bonds is 5. The molecule has 10 rings (SSSR count). The molecule has 1 saturated heterocycles. The van der Waals surface area contributed by atoms with Gasteiger partial charge >= 0.3 is 0 Å². The molecule has 3 aromatic carbocycles. The molecule has 0 spiro atoms. The fraction of sp³-hybridized carbons (Fsp3) is 0.478. The summed E-state index contributed by atoms with van der Waals surface area (Å²) in [6.45, 7) is 4.42. The minimum atomic E-state index is -0.482. The zero-order chi connectivity index (χ0) is 36.8. The lowest BCUT2D eigenvalue weighted by atomic mass is 9.57. The van der Waals surface area contributed by atoms with E-state index < -0.39 is 6.10 Å². The van der Waals surface area contributed by atoms with E-state index in [2.05, 4.69) is 71.7 Å². The number of nitrogens with one attached hydrogen (secondary N) is 1. The molecule has 6 unspecified atom stereocenters. The number of aromatic hydroxyl groups is 1. The van der Waals surface area contributed by atoms with Crippen LogP contribution < -0.4 is 15.8 Å². The molecule has 5 heterocycles. The number of ether oxygens (including phenoxy) is 3. The van der Waals surface area contributed by atoms with Gasteiger partial charge in [0.05, 0.1) is 31.6 Å². The van der Waals surface area contributed by atoms with Gasteiger partial charge in [0.2, 0.25) is 0 Å². The molecule has 54 heavy (non-hydrogen) atoms. The van der Waals surface area contributed by atoms with Gasteiger partial charge in [-0.25, -0.2) is 0 Å². The summed E-state index contributed by atoms with van der Waals surface area (Å²) in [5.74, 6) is 2.13. The molecule has 8 nitrogen and oxygen atoms in total. The third kappa shape index (κ3) is 6.45. The molecule has 0 amide bonds. The molecular formula is C46H55N3O5. The molecule has 2 aliphatic carbocycles. The third-order valence-electron chi connectivity index (χ3n) is 13.3. The highest BCUT2D eigenvalue weighted by Crippen LogP contribution is 2.52. The lowest BCUT2D eigenvalue weighted by molar-refractivity contribution is -0.00191. The number of unbranched alkanes of at least 4 members (excludes halogenated alkanes) is 2. The van der Waals surface area contributed by atoms with Crippen LogP contribution in [0.2, 0.25) is 0 Å². The standard InChI is InChI=1S/C46H55N3O5/c1-2-3-4-8-37-23-42(51)31-11-15-38-30(20-31)12-16-41(50)44(38)54-27-34-22-36(46-18-19-52-28-35(46)14-10-29-7-5-6-9-40(29)46)21-33-24-49(25-39(33)34)45-32(26-53-37)13-17-43(47)48-45/h5-7,9,12-13,16-17,21-22,24-25,31,35,37,42-43,48,50-51H,2-4,8,10-11,14-15,18-20,23,26-28,47H2,1H3. The summed E-state index contributed by atoms with van der Waals surface area (Å²) in [7, 11) is 0. The van der Waals surface area contributed by atoms with Gasteiger partial charge in [0.25, 0.3) is 0 Å². The second-order valence-corrected chi connectivity index (χ2v) is 16.5. The average Bonchev–Trinajstić information content (AvgIpc) is 3.63. The number of hydrogen-bond donors (Lipinski definition) is 4. The van der Waals surface area contributed by atoms with Gasteiger partial charge in [0, 0.05) is 46.3 Å². The Morgan fingerprint density at radius 3 is 2.81 bits per heavy atom. The van der Waals surface area contributed by atoms with Crippen LogP contribution in [-0.2, 0) is 40.8 Å². The van der Waals surface area contributed by atoms with Crippen LogP contribution in [0.1, 0.15) is 91.7 Å². The Labute approximate surface area is 319 Å². The maximum atomic E-state index is 11.7. The van der Waals surface area contributed by atoms with Crippen molar-refractivity contribution in [3.05, 3.63) is 112 Å². The fourth-order valence-corrected chi connectivity index (χ4v) is 10.4. The number of fused-ring (bicyclic) bond motifs is 9. The summed E-state index contributed by atoms with van der Waals surface area (Å²) in [6.07, 6.45) is 17.9. The Bertz CT molecular complexity index is 2080. The summed E-state index contributed by atoms with van der Waals surface area (Å²) in [4.78, 5) is 0. The Balaban J connectivity index is 1.21. The van der Waals surface area contributed by atoms with E-state index in [4.69, 9.17) is 19.9 Å². The number of aromatic nitrogens is 1. The Morgan fingerprint density at radius 1 is 1.00 bits per heavy atom. The van der Waals surface area contributed by atoms with E-state index in [1.807, 2.05) is 12.1 Å². The fourth-order valence-electron chi connectivity index (χ4n) is 10.4. The quantitative estimate of drug-likeness (QED) is 0.156. The molecular weight excluding hydrogens is 675 g/mol. The highest BCUT2D eigenvalue weighted by molar-refractivity contribution is 5.88. The number of hydrogen-bond acceptors (Lipinski definition) is 7. The monoisotopic (exact) mass is 729 g/mol. The molecule has 0 saturated carbocycles. The van der Waals surface area contributed by atoms with E-state index in [0.717, 1.165) is 116 Å². The first kappa shape index (κ1) is 35.6. The van der Waals surface area contributed by atoms with Gasteiger partial charge in [-0.1, -0.05) is 68.7 Å². The number of nitrogens with zero attached hydrogens (tertiary/aromatic N) is 1. The van der Waals surface area contributed by atoms with Crippen molar-refractivity contribution in [1.29, 1.82) is 0 Å². The van der Waals surface area contributed by atoms with E-state index in [9.17, 15) is 10.2 Å². The zero-order valence-electron chi connectivity index (χ0n) is 31.6. The predicted octanol–water partition coefficient (Wildman–Crippen LogP) is 7.64. The van der Waals surface area contributed by atoms with Crippen LogP contribution in [0.15, 0.2) is 78.6 Å². The minimum absolute atomic E-state index is 0.0637. The molecule has 5 N–H and O–H groups in total. The van der Waals surface area contributed by atoms with Crippen LogP contribution >= 0.6 is 0 Å². The topological polar surface area (TPSA) is 111 Å². The van der Waals surface area contributed by atoms with Crippen molar-refractivity contribution in [2.75, 3.05) is 19.8 Å². The van der Waals surface area contributed by atoms with Crippen molar-refractivity contribution < 1.29 is 24.4 Å². The second-order valence-electron chi connectivity index (χ2n) is 16.5. The maximum Gasteiger partial charge on any atom is 0.164 e. The molecule has 284 valence electrons. The predicted molar refractivity (Wildman–Crippen MR) is 212 cm³/mol. The molecule has 6 bridgehead atoms. The second kappa shape index (κ2) is 14.9. The molecule has 0 radical (unpaired) electrons. The van der Waals surface area contributed by atoms with Crippen LogP contribution in [0, 0.1) is 11.8 Å². The number of aliphatic hydroxyl groups is 1. The van der Waals surface area contributed by atoms with Crippen LogP contribution in [0.3, 0.4) is 0 Å². The highest BCUT2D eigenvalue weighted by Gasteiger charge is 2.47. The molecule has 8 heteroatoms. The lowest BCUT2D eigenvalue weighted by Crippen LogP contribution is -2.47. The highest BCUT2D eigenvalue weighted by atomic mass is 16.5. The summed E-state index contributed by atoms with van der Waals surface area (Å²) < 4.78 is 21.9. The lowest BCUT2D eigenvalue weighted by Gasteiger charge is -2.49. The summed E-state index contributed by atoms with van der Waals surface area (Å²) in [5, 5.41) is 28.7. The first-order valence-electron chi connectivity index (χ1n) is 20.4. The number of nitrogens with two attached hydrogens (primary N) is 1. The maximum absolute atomic E-state index is 11.7. The van der Waals surface area contributed by atoms with Crippen molar-refractivity contribution in [1.82, 2.24) is 9.88 Å². The number of phenols is 1. The summed E-state index contributed by atoms with van der Waals surface area (Å²) in [5.41, 5.74) is 14.8. The third-order valence-corrected chi connectivity index (χ3v) is 13.3. The van der Waals surface area contributed by atoms with Gasteiger partial charge in [0.15, 0.2) is 11.5 Å². The van der Waals surface area contributed by atoms with Crippen LogP contribution in [0.4, 0.5) is 0 Å². The van der Waals surface area contributed by atoms with E-state index in [0.29, 0.717) is 31.3 Å². The number of aryl methyl sites for hydroxylation is 1. The molecule has 4 aliphatic heterocycles. The molecule has 1 aromatic heterocycles. The van der Waals surface area contributed by atoms with Crippen LogP contribution in [0.5, 0.6) is 11.5 Å². The van der Waals surface area contributed by atoms with Crippen molar-refractivity contribution in [3.63, 3.8) is 0 Å². The Morgan fingerprint density at radius 2 is 1.91 bits per heavy atom. The van der Waals surface area contributed by atoms with Gasteiger partial charge < -0.3 is 40.0 Å². The van der Waals surface area contributed by atoms with Crippen LogP contribution in [-0.4, -0.2) is 53.0 Å². The van der Waals surface area contributed by atoms with E-state index in [1.54, 1.807) is 6.07 Å². The van der Waals surface area contributed by atoms with Gasteiger partial charge in [-0.3, -0.25) is 0 Å². The van der Waals surface area contributed by atoms with Crippen molar-refractivity contribution in [2.24, 2.45) is 17.6 Å². The smallest absolute Gasteiger partial charge is 0.164 e. The van der Waals surface area contributed by atoms with Gasteiger partial charge in [-0.05, 0) is 109 Å². The van der Waals surface area contributed by atoms with E-state index in [1.165, 1.54) is 16.7 Å². The Hall–Kier alpha value is -4.08. The number of aliphatic hydroxyl groups excluding tert-OH is 1.